The Hall–Kier alpha value is -2.35. The van der Waals surface area contributed by atoms with Crippen LogP contribution in [0.1, 0.15) is 11.3 Å². The van der Waals surface area contributed by atoms with Gasteiger partial charge in [-0.15, -0.1) is 0 Å². The molecular weight excluding hydrogens is 313 g/mol. The van der Waals surface area contributed by atoms with E-state index in [2.05, 4.69) is 5.10 Å². The Morgan fingerprint density at radius 3 is 2.61 bits per heavy atom. The Morgan fingerprint density at radius 1 is 1.26 bits per heavy atom. The number of nitrogens with zero attached hydrogens (tertiary/aromatic N) is 2. The second kappa shape index (κ2) is 6.82. The van der Waals surface area contributed by atoms with Gasteiger partial charge in [0.2, 0.25) is 0 Å². The minimum absolute atomic E-state index is 0.171. The third-order valence-corrected chi connectivity index (χ3v) is 3.07. The van der Waals surface area contributed by atoms with Gasteiger partial charge in [-0.25, -0.2) is 4.68 Å². The van der Waals surface area contributed by atoms with E-state index in [4.69, 9.17) is 4.74 Å². The van der Waals surface area contributed by atoms with Crippen molar-refractivity contribution in [3.63, 3.8) is 0 Å². The summed E-state index contributed by atoms with van der Waals surface area (Å²) in [5.74, 6) is 0.552. The van der Waals surface area contributed by atoms with Gasteiger partial charge in [-0.05, 0) is 24.6 Å². The van der Waals surface area contributed by atoms with Crippen molar-refractivity contribution >= 4 is 0 Å². The molecule has 23 heavy (non-hydrogen) atoms. The molecule has 0 amide bonds. The summed E-state index contributed by atoms with van der Waals surface area (Å²) in [6, 6.07) is 8.48. The Morgan fingerprint density at radius 2 is 1.96 bits per heavy atom. The van der Waals surface area contributed by atoms with Gasteiger partial charge in [-0.1, -0.05) is 18.2 Å². The maximum absolute atomic E-state index is 12.6. The maximum Gasteiger partial charge on any atom is 0.435 e. The zero-order valence-electron chi connectivity index (χ0n) is 12.2. The molecule has 1 atom stereocenters. The van der Waals surface area contributed by atoms with Crippen LogP contribution >= 0.6 is 0 Å². The highest BCUT2D eigenvalue weighted by Gasteiger charge is 2.33. The van der Waals surface area contributed by atoms with Gasteiger partial charge in [0.05, 0.1) is 6.54 Å². The largest absolute Gasteiger partial charge is 0.491 e. The van der Waals surface area contributed by atoms with Crippen LogP contribution in [0.15, 0.2) is 41.2 Å². The summed E-state index contributed by atoms with van der Waals surface area (Å²) < 4.78 is 43.7. The summed E-state index contributed by atoms with van der Waals surface area (Å²) in [5, 5.41) is 13.1. The summed E-state index contributed by atoms with van der Waals surface area (Å²) in [4.78, 5) is 11.5. The van der Waals surface area contributed by atoms with Crippen LogP contribution in [0.3, 0.4) is 0 Å². The lowest BCUT2D eigenvalue weighted by atomic mass is 10.2. The molecule has 1 heterocycles. The lowest BCUT2D eigenvalue weighted by Gasteiger charge is -2.15. The number of aryl methyl sites for hydroxylation is 1. The first kappa shape index (κ1) is 17.0. The summed E-state index contributed by atoms with van der Waals surface area (Å²) in [5.41, 5.74) is -1.06. The van der Waals surface area contributed by atoms with Gasteiger partial charge < -0.3 is 9.84 Å². The van der Waals surface area contributed by atoms with E-state index in [0.717, 1.165) is 11.6 Å². The fraction of sp³-hybridized carbons (Fsp3) is 0.333. The number of hydrogen-bond donors (Lipinski definition) is 1. The molecule has 124 valence electrons. The monoisotopic (exact) mass is 328 g/mol. The van der Waals surface area contributed by atoms with Crippen LogP contribution in [0, 0.1) is 6.92 Å². The van der Waals surface area contributed by atoms with Crippen molar-refractivity contribution in [2.75, 3.05) is 6.61 Å². The van der Waals surface area contributed by atoms with Crippen LogP contribution in [-0.2, 0) is 12.7 Å². The van der Waals surface area contributed by atoms with Gasteiger partial charge in [0.1, 0.15) is 18.5 Å². The summed E-state index contributed by atoms with van der Waals surface area (Å²) >= 11 is 0. The molecule has 2 rings (SSSR count). The Labute approximate surface area is 129 Å². The van der Waals surface area contributed by atoms with Crippen molar-refractivity contribution in [3.8, 4) is 5.75 Å². The highest BCUT2D eigenvalue weighted by atomic mass is 19.4. The summed E-state index contributed by atoms with van der Waals surface area (Å²) in [6.45, 7) is 1.25. The highest BCUT2D eigenvalue weighted by Crippen LogP contribution is 2.26. The second-order valence-corrected chi connectivity index (χ2v) is 4.97. The molecule has 0 unspecified atom stereocenters. The zero-order valence-corrected chi connectivity index (χ0v) is 12.2. The first-order chi connectivity index (χ1) is 10.8. The van der Waals surface area contributed by atoms with Crippen molar-refractivity contribution in [3.05, 3.63) is 58.0 Å². The molecule has 1 aromatic carbocycles. The van der Waals surface area contributed by atoms with Crippen molar-refractivity contribution in [1.82, 2.24) is 9.78 Å². The van der Waals surface area contributed by atoms with E-state index in [1.807, 2.05) is 19.1 Å². The number of aliphatic hydroxyl groups is 1. The van der Waals surface area contributed by atoms with Crippen molar-refractivity contribution in [1.29, 1.82) is 0 Å². The molecular formula is C15H15F3N2O3. The minimum atomic E-state index is -4.65. The molecule has 5 nitrogen and oxygen atoms in total. The maximum atomic E-state index is 12.6. The number of rotatable bonds is 5. The van der Waals surface area contributed by atoms with Gasteiger partial charge in [0, 0.05) is 6.07 Å². The molecule has 8 heteroatoms. The normalized spacial score (nSPS) is 12.9. The molecule has 0 saturated carbocycles. The third kappa shape index (κ3) is 4.56. The topological polar surface area (TPSA) is 64.3 Å². The number of hydrogen-bond acceptors (Lipinski definition) is 4. The smallest absolute Gasteiger partial charge is 0.435 e. The first-order valence-corrected chi connectivity index (χ1v) is 6.79. The van der Waals surface area contributed by atoms with Crippen LogP contribution in [0.4, 0.5) is 13.2 Å². The molecule has 0 aliphatic rings. The first-order valence-electron chi connectivity index (χ1n) is 6.79. The lowest BCUT2D eigenvalue weighted by Crippen LogP contribution is -2.33. The molecule has 0 aliphatic carbocycles. The van der Waals surface area contributed by atoms with E-state index in [9.17, 15) is 23.1 Å². The summed E-state index contributed by atoms with van der Waals surface area (Å²) in [7, 11) is 0. The Kier molecular flexibility index (Phi) is 5.05. The van der Waals surface area contributed by atoms with Gasteiger partial charge in [-0.3, -0.25) is 4.79 Å². The molecule has 1 aromatic heterocycles. The molecule has 0 spiro atoms. The highest BCUT2D eigenvalue weighted by molar-refractivity contribution is 5.31. The van der Waals surface area contributed by atoms with Gasteiger partial charge >= 0.3 is 6.18 Å². The third-order valence-electron chi connectivity index (χ3n) is 3.07. The SMILES string of the molecule is Cc1ccccc1OC[C@@H](O)Cn1nc(C(F)(F)F)ccc1=O. The van der Waals surface area contributed by atoms with Crippen LogP contribution in [-0.4, -0.2) is 27.6 Å². The van der Waals surface area contributed by atoms with Gasteiger partial charge in [-0.2, -0.15) is 18.3 Å². The van der Waals surface area contributed by atoms with E-state index in [0.29, 0.717) is 16.5 Å². The molecule has 2 aromatic rings. The summed E-state index contributed by atoms with van der Waals surface area (Å²) in [6.07, 6.45) is -5.83. The minimum Gasteiger partial charge on any atom is -0.491 e. The number of aliphatic hydroxyl groups excluding tert-OH is 1. The van der Waals surface area contributed by atoms with E-state index < -0.39 is 30.1 Å². The van der Waals surface area contributed by atoms with Gasteiger partial charge in [0.25, 0.3) is 5.56 Å². The average Bonchev–Trinajstić information content (AvgIpc) is 2.47. The molecule has 0 bridgehead atoms. The predicted molar refractivity (Wildman–Crippen MR) is 76.2 cm³/mol. The molecule has 0 aliphatic heterocycles. The Bertz CT molecular complexity index is 728. The fourth-order valence-corrected chi connectivity index (χ4v) is 1.89. The number of benzene rings is 1. The lowest BCUT2D eigenvalue weighted by molar-refractivity contribution is -0.142. The van der Waals surface area contributed by atoms with E-state index in [-0.39, 0.29) is 6.61 Å². The van der Waals surface area contributed by atoms with Crippen molar-refractivity contribution < 1.29 is 23.0 Å². The van der Waals surface area contributed by atoms with E-state index in [1.54, 1.807) is 12.1 Å². The predicted octanol–water partition coefficient (Wildman–Crippen LogP) is 2.01. The standard InChI is InChI=1S/C15H15F3N2O3/c1-10-4-2-3-5-12(10)23-9-11(21)8-20-14(22)7-6-13(19-20)15(16,17)18/h2-7,11,21H,8-9H2,1H3/t11-/m0/s1. The molecule has 0 fully saturated rings. The van der Waals surface area contributed by atoms with Crippen LogP contribution in [0.2, 0.25) is 0 Å². The number of para-hydroxylation sites is 1. The van der Waals surface area contributed by atoms with Crippen molar-refractivity contribution in [2.45, 2.75) is 25.7 Å². The molecule has 1 N–H and O–H groups in total. The van der Waals surface area contributed by atoms with Crippen LogP contribution in [0.5, 0.6) is 5.75 Å². The second-order valence-electron chi connectivity index (χ2n) is 4.97. The number of alkyl halides is 3. The quantitative estimate of drug-likeness (QED) is 0.912. The molecule has 0 radical (unpaired) electrons. The van der Waals surface area contributed by atoms with E-state index in [1.165, 1.54) is 0 Å². The number of aromatic nitrogens is 2. The van der Waals surface area contributed by atoms with Crippen LogP contribution in [0.25, 0.3) is 0 Å². The Balaban J connectivity index is 2.04. The van der Waals surface area contributed by atoms with E-state index >= 15 is 0 Å². The average molecular weight is 328 g/mol. The number of halogens is 3. The van der Waals surface area contributed by atoms with Crippen LogP contribution < -0.4 is 10.3 Å². The number of ether oxygens (including phenoxy) is 1. The fourth-order valence-electron chi connectivity index (χ4n) is 1.89. The zero-order chi connectivity index (χ0) is 17.0. The van der Waals surface area contributed by atoms with Crippen molar-refractivity contribution in [2.24, 2.45) is 0 Å². The van der Waals surface area contributed by atoms with Gasteiger partial charge in [0.15, 0.2) is 5.69 Å². The molecule has 0 saturated heterocycles.